The lowest BCUT2D eigenvalue weighted by Crippen LogP contribution is -2.44. The van der Waals surface area contributed by atoms with Gasteiger partial charge in [-0.05, 0) is 31.0 Å². The monoisotopic (exact) mass is 343 g/mol. The Morgan fingerprint density at radius 1 is 1.16 bits per heavy atom. The molecule has 3 atom stereocenters. The molecule has 5 heteroatoms. The van der Waals surface area contributed by atoms with Gasteiger partial charge in [0, 0.05) is 44.7 Å². The lowest BCUT2D eigenvalue weighted by Gasteiger charge is -2.30. The van der Waals surface area contributed by atoms with Crippen molar-refractivity contribution in [2.45, 2.75) is 13.0 Å². The SMILES string of the molecule is Cc1ccccc1[C@@H]1[C@@H]2CN(C(=O)CN3CCOCC3)C[C@@H]2CN1C. The number of rotatable bonds is 3. The minimum atomic E-state index is 0.294. The first-order valence-corrected chi connectivity index (χ1v) is 9.47. The average Bonchev–Trinajstić information content (AvgIpc) is 3.13. The smallest absolute Gasteiger partial charge is 0.236 e. The Hall–Kier alpha value is -1.43. The number of morpholine rings is 1. The van der Waals surface area contributed by atoms with Crippen LogP contribution < -0.4 is 0 Å². The van der Waals surface area contributed by atoms with Crippen molar-refractivity contribution in [3.63, 3.8) is 0 Å². The Morgan fingerprint density at radius 3 is 2.68 bits per heavy atom. The zero-order valence-electron chi connectivity index (χ0n) is 15.4. The molecule has 0 N–H and O–H groups in total. The predicted molar refractivity (Wildman–Crippen MR) is 97.4 cm³/mol. The predicted octanol–water partition coefficient (Wildman–Crippen LogP) is 1.39. The van der Waals surface area contributed by atoms with Crippen LogP contribution >= 0.6 is 0 Å². The number of nitrogens with zero attached hydrogens (tertiary/aromatic N) is 3. The Kier molecular flexibility index (Phi) is 4.80. The topological polar surface area (TPSA) is 36.0 Å². The second kappa shape index (κ2) is 7.06. The number of fused-ring (bicyclic) bond motifs is 1. The molecule has 3 aliphatic rings. The number of benzene rings is 1. The van der Waals surface area contributed by atoms with Crippen molar-refractivity contribution in [3.8, 4) is 0 Å². The summed E-state index contributed by atoms with van der Waals surface area (Å²) in [5.74, 6) is 1.45. The highest BCUT2D eigenvalue weighted by atomic mass is 16.5. The van der Waals surface area contributed by atoms with E-state index >= 15 is 0 Å². The molecular weight excluding hydrogens is 314 g/mol. The molecule has 3 aliphatic heterocycles. The maximum absolute atomic E-state index is 12.8. The molecule has 0 unspecified atom stereocenters. The number of likely N-dealkylation sites (tertiary alicyclic amines) is 2. The van der Waals surface area contributed by atoms with E-state index in [4.69, 9.17) is 4.74 Å². The number of hydrogen-bond acceptors (Lipinski definition) is 4. The molecule has 0 aromatic heterocycles. The molecule has 136 valence electrons. The zero-order chi connectivity index (χ0) is 17.4. The fraction of sp³-hybridized carbons (Fsp3) is 0.650. The Labute approximate surface area is 150 Å². The molecule has 25 heavy (non-hydrogen) atoms. The molecule has 3 heterocycles. The van der Waals surface area contributed by atoms with Crippen molar-refractivity contribution in [1.82, 2.24) is 14.7 Å². The third-order valence-electron chi connectivity index (χ3n) is 6.22. The quantitative estimate of drug-likeness (QED) is 0.831. The molecule has 3 fully saturated rings. The van der Waals surface area contributed by atoms with E-state index in [1.165, 1.54) is 11.1 Å². The Balaban J connectivity index is 1.44. The van der Waals surface area contributed by atoms with Crippen molar-refractivity contribution in [2.75, 3.05) is 59.5 Å². The summed E-state index contributed by atoms with van der Waals surface area (Å²) in [6.07, 6.45) is 0. The summed E-state index contributed by atoms with van der Waals surface area (Å²) >= 11 is 0. The minimum absolute atomic E-state index is 0.294. The van der Waals surface area contributed by atoms with Gasteiger partial charge in [-0.25, -0.2) is 0 Å². The van der Waals surface area contributed by atoms with Crippen molar-refractivity contribution >= 4 is 5.91 Å². The van der Waals surface area contributed by atoms with Crippen LogP contribution in [0.3, 0.4) is 0 Å². The van der Waals surface area contributed by atoms with Gasteiger partial charge in [0.2, 0.25) is 5.91 Å². The normalized spacial score (nSPS) is 30.6. The molecule has 0 radical (unpaired) electrons. The summed E-state index contributed by atoms with van der Waals surface area (Å²) in [4.78, 5) is 19.6. The van der Waals surface area contributed by atoms with Gasteiger partial charge < -0.3 is 9.64 Å². The fourth-order valence-electron chi connectivity index (χ4n) is 4.90. The second-order valence-corrected chi connectivity index (χ2v) is 7.85. The third-order valence-corrected chi connectivity index (χ3v) is 6.22. The summed E-state index contributed by atoms with van der Waals surface area (Å²) in [6.45, 7) is 8.91. The molecule has 0 bridgehead atoms. The highest BCUT2D eigenvalue weighted by Gasteiger charge is 2.47. The van der Waals surface area contributed by atoms with E-state index in [2.05, 4.69) is 52.9 Å². The van der Waals surface area contributed by atoms with Crippen molar-refractivity contribution in [2.24, 2.45) is 11.8 Å². The minimum Gasteiger partial charge on any atom is -0.379 e. The van der Waals surface area contributed by atoms with Crippen molar-refractivity contribution < 1.29 is 9.53 Å². The van der Waals surface area contributed by atoms with E-state index in [-0.39, 0.29) is 0 Å². The summed E-state index contributed by atoms with van der Waals surface area (Å²) in [6, 6.07) is 9.15. The van der Waals surface area contributed by atoms with Crippen LogP contribution in [0.5, 0.6) is 0 Å². The molecule has 0 spiro atoms. The molecule has 1 aromatic rings. The highest BCUT2D eigenvalue weighted by Crippen LogP contribution is 2.44. The van der Waals surface area contributed by atoms with Gasteiger partial charge in [-0.15, -0.1) is 0 Å². The molecule has 0 aliphatic carbocycles. The number of carbonyl (C=O) groups excluding carboxylic acids is 1. The van der Waals surface area contributed by atoms with Gasteiger partial charge in [-0.3, -0.25) is 14.6 Å². The first-order valence-electron chi connectivity index (χ1n) is 9.47. The standard InChI is InChI=1S/C20H29N3O2/c1-15-5-3-4-6-17(15)20-18-13-23(12-16(18)11-21(20)2)19(24)14-22-7-9-25-10-8-22/h3-6,16,18,20H,7-14H2,1-2H3/t16-,18+,20+/m0/s1. The van der Waals surface area contributed by atoms with E-state index in [0.717, 1.165) is 45.9 Å². The number of amides is 1. The fourth-order valence-corrected chi connectivity index (χ4v) is 4.90. The largest absolute Gasteiger partial charge is 0.379 e. The maximum Gasteiger partial charge on any atom is 0.236 e. The first kappa shape index (κ1) is 17.0. The molecule has 3 saturated heterocycles. The van der Waals surface area contributed by atoms with Crippen LogP contribution in [0, 0.1) is 18.8 Å². The highest BCUT2D eigenvalue weighted by molar-refractivity contribution is 5.78. The third kappa shape index (κ3) is 3.33. The van der Waals surface area contributed by atoms with E-state index in [1.54, 1.807) is 0 Å². The molecule has 1 amide bonds. The summed E-state index contributed by atoms with van der Waals surface area (Å²) in [5.41, 5.74) is 2.79. The Morgan fingerprint density at radius 2 is 1.92 bits per heavy atom. The number of carbonyl (C=O) groups is 1. The van der Waals surface area contributed by atoms with E-state index in [1.807, 2.05) is 0 Å². The van der Waals surface area contributed by atoms with E-state index in [0.29, 0.717) is 30.3 Å². The number of hydrogen-bond donors (Lipinski definition) is 0. The van der Waals surface area contributed by atoms with E-state index < -0.39 is 0 Å². The van der Waals surface area contributed by atoms with Crippen LogP contribution in [0.25, 0.3) is 0 Å². The second-order valence-electron chi connectivity index (χ2n) is 7.85. The van der Waals surface area contributed by atoms with E-state index in [9.17, 15) is 4.79 Å². The van der Waals surface area contributed by atoms with Crippen molar-refractivity contribution in [1.29, 1.82) is 0 Å². The van der Waals surface area contributed by atoms with Crippen molar-refractivity contribution in [3.05, 3.63) is 35.4 Å². The van der Waals surface area contributed by atoms with Crippen LogP contribution in [0.4, 0.5) is 0 Å². The van der Waals surface area contributed by atoms with Crippen LogP contribution in [-0.2, 0) is 9.53 Å². The molecule has 4 rings (SSSR count). The number of aryl methyl sites for hydroxylation is 1. The van der Waals surface area contributed by atoms with Gasteiger partial charge in [0.15, 0.2) is 0 Å². The van der Waals surface area contributed by atoms with Gasteiger partial charge in [0.05, 0.1) is 19.8 Å². The Bertz CT molecular complexity index is 629. The summed E-state index contributed by atoms with van der Waals surface area (Å²) in [5, 5.41) is 0. The van der Waals surface area contributed by atoms with Gasteiger partial charge in [0.25, 0.3) is 0 Å². The molecular formula is C20H29N3O2. The summed E-state index contributed by atoms with van der Waals surface area (Å²) < 4.78 is 5.38. The van der Waals surface area contributed by atoms with Gasteiger partial charge >= 0.3 is 0 Å². The lowest BCUT2D eigenvalue weighted by molar-refractivity contribution is -0.132. The number of ether oxygens (including phenoxy) is 1. The molecule has 0 saturated carbocycles. The van der Waals surface area contributed by atoms with Gasteiger partial charge in [-0.1, -0.05) is 24.3 Å². The molecule has 1 aromatic carbocycles. The average molecular weight is 343 g/mol. The summed E-state index contributed by atoms with van der Waals surface area (Å²) in [7, 11) is 2.23. The van der Waals surface area contributed by atoms with Gasteiger partial charge in [-0.2, -0.15) is 0 Å². The zero-order valence-corrected chi connectivity index (χ0v) is 15.4. The van der Waals surface area contributed by atoms with Crippen LogP contribution in [0.15, 0.2) is 24.3 Å². The van der Waals surface area contributed by atoms with Crippen LogP contribution in [0.1, 0.15) is 17.2 Å². The molecule has 5 nitrogen and oxygen atoms in total. The first-order chi connectivity index (χ1) is 12.1. The van der Waals surface area contributed by atoms with Crippen LogP contribution in [-0.4, -0.2) is 80.1 Å². The lowest BCUT2D eigenvalue weighted by atomic mass is 9.88. The van der Waals surface area contributed by atoms with Gasteiger partial charge in [0.1, 0.15) is 0 Å². The maximum atomic E-state index is 12.8. The van der Waals surface area contributed by atoms with Crippen LogP contribution in [0.2, 0.25) is 0 Å².